The first kappa shape index (κ1) is 19.6. The van der Waals surface area contributed by atoms with Crippen LogP contribution < -0.4 is 10.2 Å². The number of rotatable bonds is 8. The maximum absolute atomic E-state index is 13.6. The lowest BCUT2D eigenvalue weighted by atomic mass is 10.2. The minimum Gasteiger partial charge on any atom is -0.351 e. The van der Waals surface area contributed by atoms with Gasteiger partial charge < -0.3 is 10.2 Å². The monoisotopic (exact) mass is 360 g/mol. The number of nitrogens with zero attached hydrogens (tertiary/aromatic N) is 1. The van der Waals surface area contributed by atoms with Gasteiger partial charge in [-0.3, -0.25) is 9.59 Å². The van der Waals surface area contributed by atoms with Crippen molar-refractivity contribution in [1.29, 1.82) is 0 Å². The van der Waals surface area contributed by atoms with E-state index in [1.165, 1.54) is 0 Å². The van der Waals surface area contributed by atoms with Gasteiger partial charge in [-0.15, -0.1) is 0 Å². The molecule has 0 saturated carbocycles. The Morgan fingerprint density at radius 3 is 2.46 bits per heavy atom. The fourth-order valence-electron chi connectivity index (χ4n) is 2.51. The van der Waals surface area contributed by atoms with E-state index in [9.17, 15) is 18.4 Å². The second kappa shape index (κ2) is 9.65. The van der Waals surface area contributed by atoms with Crippen LogP contribution in [-0.4, -0.2) is 24.9 Å². The summed E-state index contributed by atoms with van der Waals surface area (Å²) in [5.41, 5.74) is 0.562. The van der Waals surface area contributed by atoms with Crippen LogP contribution in [0.1, 0.15) is 36.5 Å². The van der Waals surface area contributed by atoms with Gasteiger partial charge in [-0.05, 0) is 30.7 Å². The standard InChI is InChI=1S/C20H22F2N2O2/c1-2-3-13-24(16-7-5-4-6-8-16)19(25)11-12-23-20(26)17-10-9-15(21)14-18(17)22/h4-10,14H,2-3,11-13H2,1H3,(H,23,26). The van der Waals surface area contributed by atoms with Gasteiger partial charge in [0.25, 0.3) is 5.91 Å². The highest BCUT2D eigenvalue weighted by Crippen LogP contribution is 2.15. The molecule has 2 aromatic carbocycles. The topological polar surface area (TPSA) is 49.4 Å². The predicted octanol–water partition coefficient (Wildman–Crippen LogP) is 3.92. The van der Waals surface area contributed by atoms with Crippen molar-refractivity contribution in [3.63, 3.8) is 0 Å². The number of amides is 2. The fraction of sp³-hybridized carbons (Fsp3) is 0.300. The van der Waals surface area contributed by atoms with E-state index in [-0.39, 0.29) is 24.4 Å². The van der Waals surface area contributed by atoms with Crippen molar-refractivity contribution in [2.45, 2.75) is 26.2 Å². The van der Waals surface area contributed by atoms with Crippen LogP contribution in [0.25, 0.3) is 0 Å². The summed E-state index contributed by atoms with van der Waals surface area (Å²) in [6.07, 6.45) is 1.91. The largest absolute Gasteiger partial charge is 0.351 e. The summed E-state index contributed by atoms with van der Waals surface area (Å²) in [5, 5.41) is 2.50. The van der Waals surface area contributed by atoms with Gasteiger partial charge in [-0.25, -0.2) is 8.78 Å². The molecule has 4 nitrogen and oxygen atoms in total. The summed E-state index contributed by atoms with van der Waals surface area (Å²) in [5.74, 6) is -2.47. The average molecular weight is 360 g/mol. The van der Waals surface area contributed by atoms with Crippen molar-refractivity contribution in [1.82, 2.24) is 5.32 Å². The number of nitrogens with one attached hydrogen (secondary N) is 1. The summed E-state index contributed by atoms with van der Waals surface area (Å²) >= 11 is 0. The van der Waals surface area contributed by atoms with Crippen molar-refractivity contribution >= 4 is 17.5 Å². The Balaban J connectivity index is 1.94. The Morgan fingerprint density at radius 2 is 1.81 bits per heavy atom. The van der Waals surface area contributed by atoms with E-state index in [0.717, 1.165) is 30.7 Å². The first-order valence-electron chi connectivity index (χ1n) is 8.61. The Morgan fingerprint density at radius 1 is 1.08 bits per heavy atom. The molecular weight excluding hydrogens is 338 g/mol. The van der Waals surface area contributed by atoms with Crippen molar-refractivity contribution in [2.24, 2.45) is 0 Å². The lowest BCUT2D eigenvalue weighted by Gasteiger charge is -2.23. The van der Waals surface area contributed by atoms with Crippen LogP contribution in [0.5, 0.6) is 0 Å². The highest BCUT2D eigenvalue weighted by molar-refractivity contribution is 5.96. The highest BCUT2D eigenvalue weighted by atomic mass is 19.1. The van der Waals surface area contributed by atoms with Crippen LogP contribution in [0.3, 0.4) is 0 Å². The zero-order valence-corrected chi connectivity index (χ0v) is 14.7. The molecule has 0 spiro atoms. The van der Waals surface area contributed by atoms with E-state index in [4.69, 9.17) is 0 Å². The number of hydrogen-bond donors (Lipinski definition) is 1. The molecule has 0 aliphatic rings. The van der Waals surface area contributed by atoms with Gasteiger partial charge >= 0.3 is 0 Å². The molecule has 0 bridgehead atoms. The van der Waals surface area contributed by atoms with E-state index < -0.39 is 17.5 Å². The number of halogens is 2. The molecule has 1 N–H and O–H groups in total. The number of benzene rings is 2. The lowest BCUT2D eigenvalue weighted by Crippen LogP contribution is -2.35. The summed E-state index contributed by atoms with van der Waals surface area (Å²) in [4.78, 5) is 26.2. The van der Waals surface area contributed by atoms with Crippen LogP contribution in [0.2, 0.25) is 0 Å². The van der Waals surface area contributed by atoms with Crippen LogP contribution in [0, 0.1) is 11.6 Å². The molecule has 6 heteroatoms. The third kappa shape index (κ3) is 5.37. The van der Waals surface area contributed by atoms with Gasteiger partial charge in [-0.1, -0.05) is 31.5 Å². The minimum absolute atomic E-state index is 0.0734. The van der Waals surface area contributed by atoms with Gasteiger partial charge in [0.15, 0.2) is 0 Å². The molecule has 0 aliphatic heterocycles. The number of carbonyl (C=O) groups is 2. The third-order valence-corrected chi connectivity index (χ3v) is 3.90. The van der Waals surface area contributed by atoms with Crippen molar-refractivity contribution < 1.29 is 18.4 Å². The molecule has 0 heterocycles. The molecule has 138 valence electrons. The highest BCUT2D eigenvalue weighted by Gasteiger charge is 2.16. The van der Waals surface area contributed by atoms with Gasteiger partial charge in [0.1, 0.15) is 11.6 Å². The van der Waals surface area contributed by atoms with E-state index in [1.807, 2.05) is 37.3 Å². The first-order valence-corrected chi connectivity index (χ1v) is 8.61. The second-order valence-electron chi connectivity index (χ2n) is 5.86. The first-order chi connectivity index (χ1) is 12.5. The smallest absolute Gasteiger partial charge is 0.254 e. The summed E-state index contributed by atoms with van der Waals surface area (Å²) in [6, 6.07) is 12.1. The minimum atomic E-state index is -0.928. The van der Waals surface area contributed by atoms with Crippen molar-refractivity contribution in [3.05, 3.63) is 65.7 Å². The molecule has 26 heavy (non-hydrogen) atoms. The van der Waals surface area contributed by atoms with Crippen LogP contribution in [0.4, 0.5) is 14.5 Å². The van der Waals surface area contributed by atoms with Gasteiger partial charge in [-0.2, -0.15) is 0 Å². The molecule has 0 unspecified atom stereocenters. The van der Waals surface area contributed by atoms with Gasteiger partial charge in [0.2, 0.25) is 5.91 Å². The molecule has 2 amide bonds. The molecule has 0 fully saturated rings. The fourth-order valence-corrected chi connectivity index (χ4v) is 2.51. The van der Waals surface area contributed by atoms with E-state index in [0.29, 0.717) is 12.6 Å². The Labute approximate surface area is 151 Å². The van der Waals surface area contributed by atoms with Crippen LogP contribution in [-0.2, 0) is 4.79 Å². The molecule has 2 rings (SSSR count). The zero-order chi connectivity index (χ0) is 18.9. The maximum atomic E-state index is 13.6. The lowest BCUT2D eigenvalue weighted by molar-refractivity contribution is -0.118. The average Bonchev–Trinajstić information content (AvgIpc) is 2.62. The molecule has 0 atom stereocenters. The number of carbonyl (C=O) groups excluding carboxylic acids is 2. The molecule has 0 aliphatic carbocycles. The molecule has 0 saturated heterocycles. The summed E-state index contributed by atoms with van der Waals surface area (Å²) < 4.78 is 26.5. The van der Waals surface area contributed by atoms with E-state index in [2.05, 4.69) is 5.32 Å². The third-order valence-electron chi connectivity index (χ3n) is 3.90. The normalized spacial score (nSPS) is 10.4. The van der Waals surface area contributed by atoms with Crippen molar-refractivity contribution in [2.75, 3.05) is 18.0 Å². The van der Waals surface area contributed by atoms with E-state index in [1.54, 1.807) is 4.90 Å². The van der Waals surface area contributed by atoms with Gasteiger partial charge in [0, 0.05) is 31.3 Å². The number of anilines is 1. The predicted molar refractivity (Wildman–Crippen MR) is 97.0 cm³/mol. The van der Waals surface area contributed by atoms with Crippen molar-refractivity contribution in [3.8, 4) is 0 Å². The van der Waals surface area contributed by atoms with Crippen LogP contribution in [0.15, 0.2) is 48.5 Å². The summed E-state index contributed by atoms with van der Waals surface area (Å²) in [6.45, 7) is 2.72. The molecule has 0 aromatic heterocycles. The number of unbranched alkanes of at least 4 members (excludes halogenated alkanes) is 1. The maximum Gasteiger partial charge on any atom is 0.254 e. The number of hydrogen-bond acceptors (Lipinski definition) is 2. The SMILES string of the molecule is CCCCN(C(=O)CCNC(=O)c1ccc(F)cc1F)c1ccccc1. The second-order valence-corrected chi connectivity index (χ2v) is 5.86. The Bertz CT molecular complexity index is 751. The molecular formula is C20H22F2N2O2. The Hall–Kier alpha value is -2.76. The zero-order valence-electron chi connectivity index (χ0n) is 14.7. The molecule has 2 aromatic rings. The molecule has 0 radical (unpaired) electrons. The quantitative estimate of drug-likeness (QED) is 0.776. The summed E-state index contributed by atoms with van der Waals surface area (Å²) in [7, 11) is 0. The Kier molecular flexibility index (Phi) is 7.26. The van der Waals surface area contributed by atoms with E-state index >= 15 is 0 Å². The van der Waals surface area contributed by atoms with Gasteiger partial charge in [0.05, 0.1) is 5.56 Å². The van der Waals surface area contributed by atoms with Crippen LogP contribution >= 0.6 is 0 Å². The number of para-hydroxylation sites is 1.